The minimum Gasteiger partial charge on any atom is -0.459 e. The van der Waals surface area contributed by atoms with Gasteiger partial charge < -0.3 is 14.4 Å². The Bertz CT molecular complexity index is 562. The molecule has 1 unspecified atom stereocenters. The van der Waals surface area contributed by atoms with Gasteiger partial charge in [0.25, 0.3) is 5.91 Å². The molecule has 25 heavy (non-hydrogen) atoms. The molecule has 0 aliphatic carbocycles. The molecular formula is C20H29NO4. The fraction of sp³-hybridized carbons (Fsp3) is 0.600. The van der Waals surface area contributed by atoms with Crippen molar-refractivity contribution in [3.8, 4) is 0 Å². The van der Waals surface area contributed by atoms with Crippen molar-refractivity contribution in [2.75, 3.05) is 19.7 Å². The van der Waals surface area contributed by atoms with Crippen molar-refractivity contribution in [1.29, 1.82) is 0 Å². The first kappa shape index (κ1) is 19.4. The third-order valence-electron chi connectivity index (χ3n) is 4.37. The highest BCUT2D eigenvalue weighted by molar-refractivity contribution is 5.94. The third kappa shape index (κ3) is 6.16. The summed E-state index contributed by atoms with van der Waals surface area (Å²) in [6.45, 7) is 8.37. The van der Waals surface area contributed by atoms with Crippen LogP contribution >= 0.6 is 0 Å². The number of rotatable bonds is 8. The molecule has 1 aliphatic rings. The Morgan fingerprint density at radius 2 is 1.72 bits per heavy atom. The number of benzene rings is 1. The highest BCUT2D eigenvalue weighted by atomic mass is 16.6. The molecule has 0 radical (unpaired) electrons. The monoisotopic (exact) mass is 347 g/mol. The number of hydrogen-bond donors (Lipinski definition) is 0. The fourth-order valence-electron chi connectivity index (χ4n) is 2.67. The molecule has 1 heterocycles. The summed E-state index contributed by atoms with van der Waals surface area (Å²) >= 11 is 0. The summed E-state index contributed by atoms with van der Waals surface area (Å²) in [4.78, 5) is 26.1. The van der Waals surface area contributed by atoms with Crippen LogP contribution in [0.2, 0.25) is 0 Å². The van der Waals surface area contributed by atoms with Crippen LogP contribution in [0.4, 0.5) is 0 Å². The molecular weight excluding hydrogens is 318 g/mol. The third-order valence-corrected chi connectivity index (χ3v) is 4.37. The lowest BCUT2D eigenvalue weighted by molar-refractivity contribution is -0.157. The number of nitrogens with zero attached hydrogens (tertiary/aromatic N) is 1. The van der Waals surface area contributed by atoms with E-state index in [1.165, 1.54) is 0 Å². The Labute approximate surface area is 150 Å². The topological polar surface area (TPSA) is 55.8 Å². The SMILES string of the molecule is CC(C)CCOC(C)C(=O)OCc1ccc(C(=O)N2CCCC2)cc1. The Balaban J connectivity index is 1.77. The molecule has 1 saturated heterocycles. The summed E-state index contributed by atoms with van der Waals surface area (Å²) in [6, 6.07) is 7.26. The van der Waals surface area contributed by atoms with Crippen LogP contribution in [0.5, 0.6) is 0 Å². The van der Waals surface area contributed by atoms with Gasteiger partial charge in [0, 0.05) is 25.3 Å². The maximum atomic E-state index is 12.3. The predicted octanol–water partition coefficient (Wildman–Crippen LogP) is 3.42. The van der Waals surface area contributed by atoms with Gasteiger partial charge in [-0.1, -0.05) is 26.0 Å². The number of ether oxygens (including phenoxy) is 2. The number of carbonyl (C=O) groups is 2. The normalized spacial score (nSPS) is 15.4. The molecule has 0 aromatic heterocycles. The van der Waals surface area contributed by atoms with Crippen LogP contribution in [0.25, 0.3) is 0 Å². The second kappa shape index (κ2) is 9.56. The Kier molecular flexibility index (Phi) is 7.44. The molecule has 2 rings (SSSR count). The summed E-state index contributed by atoms with van der Waals surface area (Å²) in [5.74, 6) is 0.263. The van der Waals surface area contributed by atoms with E-state index in [0.29, 0.717) is 18.1 Å². The van der Waals surface area contributed by atoms with Crippen molar-refractivity contribution < 1.29 is 19.1 Å². The average molecular weight is 347 g/mol. The quantitative estimate of drug-likeness (QED) is 0.676. The van der Waals surface area contributed by atoms with Crippen LogP contribution in [0, 0.1) is 5.92 Å². The van der Waals surface area contributed by atoms with E-state index in [4.69, 9.17) is 9.47 Å². The maximum absolute atomic E-state index is 12.3. The zero-order chi connectivity index (χ0) is 18.2. The standard InChI is InChI=1S/C20H29NO4/c1-15(2)10-13-24-16(3)20(23)25-14-17-6-8-18(9-7-17)19(22)21-11-4-5-12-21/h6-9,15-16H,4-5,10-14H2,1-3H3. The van der Waals surface area contributed by atoms with Crippen LogP contribution < -0.4 is 0 Å². The molecule has 0 bridgehead atoms. The van der Waals surface area contributed by atoms with Gasteiger partial charge in [-0.2, -0.15) is 0 Å². The molecule has 1 aromatic carbocycles. The van der Waals surface area contributed by atoms with E-state index in [9.17, 15) is 9.59 Å². The molecule has 5 nitrogen and oxygen atoms in total. The van der Waals surface area contributed by atoms with Crippen LogP contribution in [0.1, 0.15) is 56.0 Å². The molecule has 5 heteroatoms. The number of esters is 1. The maximum Gasteiger partial charge on any atom is 0.335 e. The molecule has 0 saturated carbocycles. The van der Waals surface area contributed by atoms with Crippen molar-refractivity contribution in [1.82, 2.24) is 4.90 Å². The van der Waals surface area contributed by atoms with Gasteiger partial charge in [-0.25, -0.2) is 4.79 Å². The van der Waals surface area contributed by atoms with Gasteiger partial charge in [0.2, 0.25) is 0 Å². The largest absolute Gasteiger partial charge is 0.459 e. The van der Waals surface area contributed by atoms with E-state index in [1.807, 2.05) is 17.0 Å². The van der Waals surface area contributed by atoms with Gasteiger partial charge in [0.15, 0.2) is 6.10 Å². The van der Waals surface area contributed by atoms with Crippen LogP contribution in [-0.4, -0.2) is 42.6 Å². The minimum atomic E-state index is -0.560. The van der Waals surface area contributed by atoms with Crippen molar-refractivity contribution in [2.24, 2.45) is 5.92 Å². The Morgan fingerprint density at radius 1 is 1.08 bits per heavy atom. The molecule has 138 valence electrons. The van der Waals surface area contributed by atoms with E-state index in [0.717, 1.165) is 37.9 Å². The van der Waals surface area contributed by atoms with Crippen LogP contribution in [-0.2, 0) is 20.9 Å². The zero-order valence-electron chi connectivity index (χ0n) is 15.5. The molecule has 0 N–H and O–H groups in total. The highest BCUT2D eigenvalue weighted by Gasteiger charge is 2.19. The first-order valence-electron chi connectivity index (χ1n) is 9.14. The van der Waals surface area contributed by atoms with E-state index < -0.39 is 6.10 Å². The lowest BCUT2D eigenvalue weighted by Gasteiger charge is -2.15. The highest BCUT2D eigenvalue weighted by Crippen LogP contribution is 2.14. The zero-order valence-corrected chi connectivity index (χ0v) is 15.5. The van der Waals surface area contributed by atoms with E-state index in [2.05, 4.69) is 13.8 Å². The average Bonchev–Trinajstić information content (AvgIpc) is 3.13. The van der Waals surface area contributed by atoms with Crippen LogP contribution in [0.3, 0.4) is 0 Å². The van der Waals surface area contributed by atoms with E-state index >= 15 is 0 Å². The molecule has 1 amide bonds. The van der Waals surface area contributed by atoms with Crippen molar-refractivity contribution in [3.63, 3.8) is 0 Å². The molecule has 1 fully saturated rings. The van der Waals surface area contributed by atoms with Crippen molar-refractivity contribution in [3.05, 3.63) is 35.4 Å². The molecule has 0 spiro atoms. The van der Waals surface area contributed by atoms with E-state index in [-0.39, 0.29) is 18.5 Å². The van der Waals surface area contributed by atoms with Gasteiger partial charge in [-0.05, 0) is 49.8 Å². The number of carbonyl (C=O) groups excluding carboxylic acids is 2. The fourth-order valence-corrected chi connectivity index (χ4v) is 2.67. The number of hydrogen-bond acceptors (Lipinski definition) is 4. The summed E-state index contributed by atoms with van der Waals surface area (Å²) < 4.78 is 10.8. The Morgan fingerprint density at radius 3 is 2.32 bits per heavy atom. The minimum absolute atomic E-state index is 0.0771. The first-order chi connectivity index (χ1) is 12.0. The summed E-state index contributed by atoms with van der Waals surface area (Å²) in [5.41, 5.74) is 1.54. The summed E-state index contributed by atoms with van der Waals surface area (Å²) in [7, 11) is 0. The summed E-state index contributed by atoms with van der Waals surface area (Å²) in [5, 5.41) is 0. The second-order valence-electron chi connectivity index (χ2n) is 7.00. The van der Waals surface area contributed by atoms with Crippen LogP contribution in [0.15, 0.2) is 24.3 Å². The van der Waals surface area contributed by atoms with Gasteiger partial charge >= 0.3 is 5.97 Å². The van der Waals surface area contributed by atoms with Crippen molar-refractivity contribution >= 4 is 11.9 Å². The van der Waals surface area contributed by atoms with E-state index in [1.54, 1.807) is 19.1 Å². The lowest BCUT2D eigenvalue weighted by Crippen LogP contribution is -2.27. The first-order valence-corrected chi connectivity index (χ1v) is 9.14. The smallest absolute Gasteiger partial charge is 0.335 e. The van der Waals surface area contributed by atoms with Gasteiger partial charge in [0.05, 0.1) is 0 Å². The number of likely N-dealkylation sites (tertiary alicyclic amines) is 1. The van der Waals surface area contributed by atoms with Gasteiger partial charge in [0.1, 0.15) is 6.61 Å². The van der Waals surface area contributed by atoms with Gasteiger partial charge in [-0.15, -0.1) is 0 Å². The molecule has 1 aromatic rings. The lowest BCUT2D eigenvalue weighted by atomic mass is 10.1. The Hall–Kier alpha value is -1.88. The number of amides is 1. The molecule has 1 atom stereocenters. The summed E-state index contributed by atoms with van der Waals surface area (Å²) in [6.07, 6.45) is 2.52. The molecule has 1 aliphatic heterocycles. The van der Waals surface area contributed by atoms with Gasteiger partial charge in [-0.3, -0.25) is 4.79 Å². The second-order valence-corrected chi connectivity index (χ2v) is 7.00. The predicted molar refractivity (Wildman–Crippen MR) is 96.2 cm³/mol. The van der Waals surface area contributed by atoms with Crippen molar-refractivity contribution in [2.45, 2.75) is 52.7 Å².